The van der Waals surface area contributed by atoms with Crippen molar-refractivity contribution in [3.8, 4) is 0 Å². The maximum atomic E-state index is 12.6. The minimum Gasteiger partial charge on any atom is -0.364 e. The molecule has 4 rings (SSSR count). The lowest BCUT2D eigenvalue weighted by Crippen LogP contribution is -2.34. The van der Waals surface area contributed by atoms with Gasteiger partial charge in [-0.15, -0.1) is 0 Å². The van der Waals surface area contributed by atoms with E-state index < -0.39 is 0 Å². The highest BCUT2D eigenvalue weighted by Gasteiger charge is 2.21. The number of benzene rings is 4. The van der Waals surface area contributed by atoms with Crippen LogP contribution in [0.25, 0.3) is 0 Å². The van der Waals surface area contributed by atoms with Gasteiger partial charge < -0.3 is 20.7 Å². The smallest absolute Gasteiger partial charge is 0.323 e. The van der Waals surface area contributed by atoms with Crippen molar-refractivity contribution < 1.29 is 14.3 Å². The van der Waals surface area contributed by atoms with Gasteiger partial charge in [-0.3, -0.25) is 4.79 Å². The maximum absolute atomic E-state index is 12.6. The SMILES string of the molecule is CCC(CNC(=O)c1ccccc1)OC(c1ccccc1)c1cccc(NC(=O)Nc2ccccc2)c1. The summed E-state index contributed by atoms with van der Waals surface area (Å²) >= 11 is 0. The lowest BCUT2D eigenvalue weighted by Gasteiger charge is -2.26. The van der Waals surface area contributed by atoms with Gasteiger partial charge in [-0.2, -0.15) is 0 Å². The van der Waals surface area contributed by atoms with Crippen LogP contribution in [0.15, 0.2) is 115 Å². The van der Waals surface area contributed by atoms with E-state index in [9.17, 15) is 9.59 Å². The van der Waals surface area contributed by atoms with Crippen molar-refractivity contribution >= 4 is 23.3 Å². The molecule has 0 heterocycles. The Hall–Kier alpha value is -4.42. The second-order valence-corrected chi connectivity index (χ2v) is 8.60. The Morgan fingerprint density at radius 2 is 1.27 bits per heavy atom. The van der Waals surface area contributed by atoms with Gasteiger partial charge in [0.25, 0.3) is 5.91 Å². The molecule has 0 saturated heterocycles. The summed E-state index contributed by atoms with van der Waals surface area (Å²) in [5.41, 5.74) is 3.87. The van der Waals surface area contributed by atoms with Gasteiger partial charge in [0, 0.05) is 23.5 Å². The molecule has 3 N–H and O–H groups in total. The molecule has 4 aromatic carbocycles. The molecule has 0 aromatic heterocycles. The number of para-hydroxylation sites is 1. The molecular weight excluding hydrogens is 462 g/mol. The summed E-state index contributed by atoms with van der Waals surface area (Å²) < 4.78 is 6.57. The molecule has 0 aliphatic carbocycles. The van der Waals surface area contributed by atoms with Crippen molar-refractivity contribution in [1.29, 1.82) is 0 Å². The van der Waals surface area contributed by atoms with E-state index in [4.69, 9.17) is 4.74 Å². The van der Waals surface area contributed by atoms with Gasteiger partial charge in [0.1, 0.15) is 6.10 Å². The number of carbonyl (C=O) groups excluding carboxylic acids is 2. The molecule has 6 heteroatoms. The van der Waals surface area contributed by atoms with Gasteiger partial charge in [-0.25, -0.2) is 4.79 Å². The topological polar surface area (TPSA) is 79.5 Å². The highest BCUT2D eigenvalue weighted by atomic mass is 16.5. The minimum absolute atomic E-state index is 0.130. The Labute approximate surface area is 217 Å². The number of carbonyl (C=O) groups is 2. The summed E-state index contributed by atoms with van der Waals surface area (Å²) in [5.74, 6) is -0.130. The number of ether oxygens (including phenoxy) is 1. The molecule has 0 aliphatic rings. The first kappa shape index (κ1) is 25.7. The number of hydrogen-bond acceptors (Lipinski definition) is 3. The van der Waals surface area contributed by atoms with E-state index in [0.29, 0.717) is 23.5 Å². The molecule has 188 valence electrons. The zero-order valence-corrected chi connectivity index (χ0v) is 20.8. The van der Waals surface area contributed by atoms with Gasteiger partial charge in [-0.05, 0) is 53.9 Å². The molecule has 0 aliphatic heterocycles. The maximum Gasteiger partial charge on any atom is 0.323 e. The molecule has 2 atom stereocenters. The fourth-order valence-electron chi connectivity index (χ4n) is 3.95. The van der Waals surface area contributed by atoms with E-state index in [2.05, 4.69) is 16.0 Å². The third-order valence-corrected chi connectivity index (χ3v) is 5.89. The molecule has 0 radical (unpaired) electrons. The fourth-order valence-corrected chi connectivity index (χ4v) is 3.95. The van der Waals surface area contributed by atoms with Crippen molar-refractivity contribution in [3.05, 3.63) is 132 Å². The van der Waals surface area contributed by atoms with Crippen molar-refractivity contribution in [1.82, 2.24) is 5.32 Å². The minimum atomic E-state index is -0.376. The summed E-state index contributed by atoms with van der Waals surface area (Å²) in [6, 6.07) is 35.7. The summed E-state index contributed by atoms with van der Waals surface area (Å²) in [4.78, 5) is 25.1. The van der Waals surface area contributed by atoms with Gasteiger partial charge in [-0.1, -0.05) is 85.8 Å². The van der Waals surface area contributed by atoms with Crippen molar-refractivity contribution in [3.63, 3.8) is 0 Å². The van der Waals surface area contributed by atoms with Crippen LogP contribution in [0.2, 0.25) is 0 Å². The van der Waals surface area contributed by atoms with Crippen molar-refractivity contribution in [2.24, 2.45) is 0 Å². The molecule has 0 bridgehead atoms. The van der Waals surface area contributed by atoms with Crippen LogP contribution in [0.1, 0.15) is 40.9 Å². The van der Waals surface area contributed by atoms with Gasteiger partial charge in [0.2, 0.25) is 0 Å². The van der Waals surface area contributed by atoms with Gasteiger partial charge in [0.05, 0.1) is 6.10 Å². The Morgan fingerprint density at radius 3 is 1.95 bits per heavy atom. The highest BCUT2D eigenvalue weighted by molar-refractivity contribution is 5.99. The average Bonchev–Trinajstić information content (AvgIpc) is 2.94. The fraction of sp³-hybridized carbons (Fsp3) is 0.161. The van der Waals surface area contributed by atoms with Crippen LogP contribution in [0.4, 0.5) is 16.2 Å². The van der Waals surface area contributed by atoms with Crippen LogP contribution >= 0.6 is 0 Å². The molecule has 4 aromatic rings. The number of nitrogens with one attached hydrogen (secondary N) is 3. The Balaban J connectivity index is 1.48. The molecule has 2 unspecified atom stereocenters. The monoisotopic (exact) mass is 493 g/mol. The number of anilines is 2. The first-order chi connectivity index (χ1) is 18.1. The Morgan fingerprint density at radius 1 is 0.703 bits per heavy atom. The predicted octanol–water partition coefficient (Wildman–Crippen LogP) is 6.65. The second-order valence-electron chi connectivity index (χ2n) is 8.60. The number of rotatable bonds is 10. The third-order valence-electron chi connectivity index (χ3n) is 5.89. The van der Waals surface area contributed by atoms with E-state index in [-0.39, 0.29) is 24.1 Å². The summed E-state index contributed by atoms with van der Waals surface area (Å²) in [6.07, 6.45) is 0.130. The van der Waals surface area contributed by atoms with Gasteiger partial charge in [0.15, 0.2) is 0 Å². The van der Waals surface area contributed by atoms with Crippen molar-refractivity contribution in [2.75, 3.05) is 17.2 Å². The molecule has 0 saturated carbocycles. The first-order valence-corrected chi connectivity index (χ1v) is 12.4. The van der Waals surface area contributed by atoms with Crippen LogP contribution in [-0.4, -0.2) is 24.6 Å². The Bertz CT molecular complexity index is 1280. The second kappa shape index (κ2) is 13.0. The van der Waals surface area contributed by atoms with Crippen LogP contribution in [0, 0.1) is 0 Å². The van der Waals surface area contributed by atoms with Crippen LogP contribution in [-0.2, 0) is 4.74 Å². The summed E-state index contributed by atoms with van der Waals surface area (Å²) in [7, 11) is 0. The molecule has 0 fully saturated rings. The van der Waals surface area contributed by atoms with Crippen LogP contribution < -0.4 is 16.0 Å². The zero-order valence-electron chi connectivity index (χ0n) is 20.8. The van der Waals surface area contributed by atoms with Crippen molar-refractivity contribution in [2.45, 2.75) is 25.6 Å². The molecule has 0 spiro atoms. The molecular formula is C31H31N3O3. The molecule has 3 amide bonds. The summed E-state index contributed by atoms with van der Waals surface area (Å²) in [5, 5.41) is 8.72. The van der Waals surface area contributed by atoms with E-state index in [0.717, 1.165) is 17.5 Å². The lowest BCUT2D eigenvalue weighted by atomic mass is 10.0. The largest absolute Gasteiger partial charge is 0.364 e. The first-order valence-electron chi connectivity index (χ1n) is 12.4. The average molecular weight is 494 g/mol. The van der Waals surface area contributed by atoms with Gasteiger partial charge >= 0.3 is 6.03 Å². The third kappa shape index (κ3) is 7.53. The lowest BCUT2D eigenvalue weighted by molar-refractivity contribution is 0.00704. The standard InChI is InChI=1S/C31H31N3O3/c1-2-28(22-32-30(35)24-15-8-4-9-16-24)37-29(23-13-6-3-7-14-23)25-17-12-20-27(21-25)34-31(36)33-26-18-10-5-11-19-26/h3-21,28-29H,2,22H2,1H3,(H,32,35)(H2,33,34,36). The zero-order chi connectivity index (χ0) is 25.9. The van der Waals surface area contributed by atoms with E-state index >= 15 is 0 Å². The molecule has 37 heavy (non-hydrogen) atoms. The van der Waals surface area contributed by atoms with E-state index in [1.165, 1.54) is 0 Å². The normalized spacial score (nSPS) is 12.2. The van der Waals surface area contributed by atoms with E-state index in [1.807, 2.05) is 110 Å². The van der Waals surface area contributed by atoms with Crippen LogP contribution in [0.5, 0.6) is 0 Å². The number of hydrogen-bond donors (Lipinski definition) is 3. The quantitative estimate of drug-likeness (QED) is 0.232. The molecule has 6 nitrogen and oxygen atoms in total. The number of urea groups is 1. The van der Waals surface area contributed by atoms with E-state index in [1.54, 1.807) is 12.1 Å². The highest BCUT2D eigenvalue weighted by Crippen LogP contribution is 2.29. The Kier molecular flexibility index (Phi) is 9.05. The number of amides is 3. The summed E-state index contributed by atoms with van der Waals surface area (Å²) in [6.45, 7) is 2.41. The predicted molar refractivity (Wildman–Crippen MR) is 148 cm³/mol. The van der Waals surface area contributed by atoms with Crippen LogP contribution in [0.3, 0.4) is 0 Å².